The van der Waals surface area contributed by atoms with Crippen molar-refractivity contribution in [3.8, 4) is 0 Å². The third-order valence-electron chi connectivity index (χ3n) is 4.34. The van der Waals surface area contributed by atoms with Gasteiger partial charge in [0.15, 0.2) is 0 Å². The molecule has 1 saturated heterocycles. The fourth-order valence-electron chi connectivity index (χ4n) is 2.88. The van der Waals surface area contributed by atoms with Gasteiger partial charge in [-0.25, -0.2) is 0 Å². The lowest BCUT2D eigenvalue weighted by molar-refractivity contribution is 0.0976. The second-order valence-corrected chi connectivity index (χ2v) is 5.55. The van der Waals surface area contributed by atoms with Gasteiger partial charge in [0.05, 0.1) is 0 Å². The Bertz CT molecular complexity index is 235. The summed E-state index contributed by atoms with van der Waals surface area (Å²) in [5.74, 6) is 1.75. The van der Waals surface area contributed by atoms with Crippen LogP contribution in [0, 0.1) is 11.8 Å². The third kappa shape index (κ3) is 2.67. The maximum atomic E-state index is 3.90. The molecule has 0 spiro atoms. The maximum absolute atomic E-state index is 3.90. The minimum atomic E-state index is 0.706. The Kier molecular flexibility index (Phi) is 4.04. The van der Waals surface area contributed by atoms with E-state index in [1.807, 2.05) is 0 Å². The highest BCUT2D eigenvalue weighted by Crippen LogP contribution is 2.34. The molecule has 0 aromatic carbocycles. The predicted octanol–water partition coefficient (Wildman–Crippen LogP) is 2.27. The van der Waals surface area contributed by atoms with Crippen molar-refractivity contribution in [3.63, 3.8) is 0 Å². The first-order valence-corrected chi connectivity index (χ1v) is 6.84. The van der Waals surface area contributed by atoms with Gasteiger partial charge in [-0.1, -0.05) is 26.3 Å². The molecule has 1 saturated carbocycles. The molecule has 0 aromatic rings. The SMILES string of the molecule is C=CCN1CC(C2CC2)NCC1C(C)CC. The molecule has 1 heterocycles. The summed E-state index contributed by atoms with van der Waals surface area (Å²) in [6, 6.07) is 1.46. The van der Waals surface area contributed by atoms with E-state index in [0.29, 0.717) is 6.04 Å². The first-order valence-electron chi connectivity index (χ1n) is 6.84. The van der Waals surface area contributed by atoms with Gasteiger partial charge in [-0.2, -0.15) is 0 Å². The normalized spacial score (nSPS) is 33.6. The molecule has 92 valence electrons. The van der Waals surface area contributed by atoms with Crippen LogP contribution in [0.25, 0.3) is 0 Å². The fourth-order valence-corrected chi connectivity index (χ4v) is 2.88. The van der Waals surface area contributed by atoms with Crippen LogP contribution in [0.15, 0.2) is 12.7 Å². The number of rotatable bonds is 5. The van der Waals surface area contributed by atoms with E-state index in [1.165, 1.54) is 32.4 Å². The summed E-state index contributed by atoms with van der Waals surface area (Å²) >= 11 is 0. The number of nitrogens with zero attached hydrogens (tertiary/aromatic N) is 1. The predicted molar refractivity (Wildman–Crippen MR) is 69.5 cm³/mol. The first-order chi connectivity index (χ1) is 7.76. The van der Waals surface area contributed by atoms with E-state index in [0.717, 1.165) is 24.4 Å². The molecule has 0 bridgehead atoms. The minimum absolute atomic E-state index is 0.706. The topological polar surface area (TPSA) is 15.3 Å². The van der Waals surface area contributed by atoms with Crippen LogP contribution < -0.4 is 5.32 Å². The highest BCUT2D eigenvalue weighted by Gasteiger charge is 2.37. The van der Waals surface area contributed by atoms with Crippen molar-refractivity contribution in [2.75, 3.05) is 19.6 Å². The zero-order valence-electron chi connectivity index (χ0n) is 10.8. The van der Waals surface area contributed by atoms with Crippen LogP contribution in [0.4, 0.5) is 0 Å². The van der Waals surface area contributed by atoms with Gasteiger partial charge >= 0.3 is 0 Å². The summed E-state index contributed by atoms with van der Waals surface area (Å²) in [6.45, 7) is 12.0. The largest absolute Gasteiger partial charge is 0.311 e. The van der Waals surface area contributed by atoms with Gasteiger partial charge in [0.1, 0.15) is 0 Å². The van der Waals surface area contributed by atoms with Crippen LogP contribution in [0.5, 0.6) is 0 Å². The lowest BCUT2D eigenvalue weighted by atomic mass is 9.93. The molecule has 1 N–H and O–H groups in total. The third-order valence-corrected chi connectivity index (χ3v) is 4.34. The zero-order chi connectivity index (χ0) is 11.5. The standard InChI is InChI=1S/C14H26N2/c1-4-8-16-10-13(12-6-7-12)15-9-14(16)11(3)5-2/h4,11-15H,1,5-10H2,2-3H3. The van der Waals surface area contributed by atoms with E-state index in [4.69, 9.17) is 0 Å². The number of hydrogen-bond donors (Lipinski definition) is 1. The number of hydrogen-bond acceptors (Lipinski definition) is 2. The van der Waals surface area contributed by atoms with Gasteiger partial charge in [0.25, 0.3) is 0 Å². The minimum Gasteiger partial charge on any atom is -0.311 e. The van der Waals surface area contributed by atoms with Crippen LogP contribution >= 0.6 is 0 Å². The zero-order valence-corrected chi connectivity index (χ0v) is 10.8. The summed E-state index contributed by atoms with van der Waals surface area (Å²) in [5, 5.41) is 3.76. The Labute approximate surface area is 100 Å². The molecule has 2 fully saturated rings. The number of piperazine rings is 1. The van der Waals surface area contributed by atoms with E-state index in [2.05, 4.69) is 36.7 Å². The molecular formula is C14H26N2. The van der Waals surface area contributed by atoms with Gasteiger partial charge in [0, 0.05) is 31.7 Å². The van der Waals surface area contributed by atoms with Crippen LogP contribution in [0.3, 0.4) is 0 Å². The average molecular weight is 222 g/mol. The summed E-state index contributed by atoms with van der Waals surface area (Å²) in [6.07, 6.45) is 6.21. The molecule has 3 atom stereocenters. The Morgan fingerprint density at radius 1 is 1.50 bits per heavy atom. The van der Waals surface area contributed by atoms with Crippen LogP contribution in [0.1, 0.15) is 33.1 Å². The first kappa shape index (κ1) is 12.1. The van der Waals surface area contributed by atoms with Gasteiger partial charge in [-0.3, -0.25) is 4.90 Å². The van der Waals surface area contributed by atoms with Gasteiger partial charge in [0.2, 0.25) is 0 Å². The molecule has 1 aliphatic heterocycles. The fraction of sp³-hybridized carbons (Fsp3) is 0.857. The van der Waals surface area contributed by atoms with Crippen molar-refractivity contribution in [1.29, 1.82) is 0 Å². The average Bonchev–Trinajstić information content (AvgIpc) is 3.12. The van der Waals surface area contributed by atoms with Crippen molar-refractivity contribution < 1.29 is 0 Å². The molecule has 16 heavy (non-hydrogen) atoms. The van der Waals surface area contributed by atoms with Crippen molar-refractivity contribution in [2.24, 2.45) is 11.8 Å². The number of nitrogens with one attached hydrogen (secondary N) is 1. The molecule has 2 nitrogen and oxygen atoms in total. The molecule has 0 radical (unpaired) electrons. The van der Waals surface area contributed by atoms with Gasteiger partial charge in [-0.05, 0) is 24.7 Å². The summed E-state index contributed by atoms with van der Waals surface area (Å²) in [7, 11) is 0. The molecule has 2 rings (SSSR count). The Balaban J connectivity index is 1.94. The van der Waals surface area contributed by atoms with Crippen LogP contribution in [-0.2, 0) is 0 Å². The molecule has 2 heteroatoms. The lowest BCUT2D eigenvalue weighted by Gasteiger charge is -2.43. The van der Waals surface area contributed by atoms with Crippen LogP contribution in [-0.4, -0.2) is 36.6 Å². The second-order valence-electron chi connectivity index (χ2n) is 5.55. The molecule has 0 amide bonds. The Morgan fingerprint density at radius 2 is 2.25 bits per heavy atom. The molecule has 3 unspecified atom stereocenters. The highest BCUT2D eigenvalue weighted by molar-refractivity contribution is 4.96. The van der Waals surface area contributed by atoms with Crippen molar-refractivity contribution in [2.45, 2.75) is 45.2 Å². The molecule has 0 aromatic heterocycles. The van der Waals surface area contributed by atoms with E-state index in [-0.39, 0.29) is 0 Å². The van der Waals surface area contributed by atoms with Crippen molar-refractivity contribution in [1.82, 2.24) is 10.2 Å². The Hall–Kier alpha value is -0.340. The molecule has 1 aliphatic carbocycles. The summed E-state index contributed by atoms with van der Waals surface area (Å²) in [5.41, 5.74) is 0. The smallest absolute Gasteiger partial charge is 0.0250 e. The Morgan fingerprint density at radius 3 is 2.81 bits per heavy atom. The monoisotopic (exact) mass is 222 g/mol. The van der Waals surface area contributed by atoms with Crippen molar-refractivity contribution in [3.05, 3.63) is 12.7 Å². The molecular weight excluding hydrogens is 196 g/mol. The highest BCUT2D eigenvalue weighted by atomic mass is 15.2. The van der Waals surface area contributed by atoms with Gasteiger partial charge < -0.3 is 5.32 Å². The summed E-state index contributed by atoms with van der Waals surface area (Å²) in [4.78, 5) is 2.64. The second kappa shape index (κ2) is 5.33. The van der Waals surface area contributed by atoms with Crippen LogP contribution in [0.2, 0.25) is 0 Å². The van der Waals surface area contributed by atoms with Gasteiger partial charge in [-0.15, -0.1) is 6.58 Å². The van der Waals surface area contributed by atoms with E-state index < -0.39 is 0 Å². The summed E-state index contributed by atoms with van der Waals surface area (Å²) < 4.78 is 0. The van der Waals surface area contributed by atoms with E-state index in [9.17, 15) is 0 Å². The molecule has 2 aliphatic rings. The maximum Gasteiger partial charge on any atom is 0.0250 e. The van der Waals surface area contributed by atoms with E-state index in [1.54, 1.807) is 0 Å². The van der Waals surface area contributed by atoms with Crippen molar-refractivity contribution >= 4 is 0 Å². The quantitative estimate of drug-likeness (QED) is 0.718. The lowest BCUT2D eigenvalue weighted by Crippen LogP contribution is -2.59. The van der Waals surface area contributed by atoms with E-state index >= 15 is 0 Å².